The Morgan fingerprint density at radius 1 is 1.26 bits per heavy atom. The van der Waals surface area contributed by atoms with Crippen molar-refractivity contribution in [3.8, 4) is 0 Å². The molecular weight excluding hydrogens is 254 g/mol. The number of likely N-dealkylation sites (tertiary alicyclic amines) is 1. The van der Waals surface area contributed by atoms with E-state index < -0.39 is 0 Å². The molecule has 106 valence electrons. The van der Waals surface area contributed by atoms with Crippen LogP contribution in [0, 0.1) is 13.8 Å². The van der Waals surface area contributed by atoms with Crippen LogP contribution in [-0.2, 0) is 6.54 Å². The minimum Gasteiger partial charge on any atom is -0.312 e. The standard InChI is InChI=1S/C15H25N3S/c1-11-12(2)19-15(17-11)10-18-8-4-3-5-14(18)9-16-13-6-7-13/h13-14,16H,3-10H2,1-2H3. The van der Waals surface area contributed by atoms with E-state index in [1.54, 1.807) is 0 Å². The Morgan fingerprint density at radius 3 is 2.79 bits per heavy atom. The van der Waals surface area contributed by atoms with E-state index in [4.69, 9.17) is 4.98 Å². The number of hydrogen-bond acceptors (Lipinski definition) is 4. The molecule has 19 heavy (non-hydrogen) atoms. The Kier molecular flexibility index (Phi) is 4.20. The fourth-order valence-corrected chi connectivity index (χ4v) is 3.83. The highest BCUT2D eigenvalue weighted by atomic mass is 32.1. The number of hydrogen-bond donors (Lipinski definition) is 1. The van der Waals surface area contributed by atoms with Crippen LogP contribution < -0.4 is 5.32 Å². The van der Waals surface area contributed by atoms with Crippen molar-refractivity contribution < 1.29 is 0 Å². The van der Waals surface area contributed by atoms with Crippen LogP contribution in [0.1, 0.15) is 47.7 Å². The Labute approximate surface area is 120 Å². The Morgan fingerprint density at radius 2 is 2.11 bits per heavy atom. The van der Waals surface area contributed by atoms with E-state index >= 15 is 0 Å². The second kappa shape index (κ2) is 5.90. The van der Waals surface area contributed by atoms with Crippen LogP contribution in [0.5, 0.6) is 0 Å². The summed E-state index contributed by atoms with van der Waals surface area (Å²) in [5.41, 5.74) is 1.21. The fourth-order valence-electron chi connectivity index (χ4n) is 2.87. The maximum absolute atomic E-state index is 4.70. The molecule has 1 unspecified atom stereocenters. The normalized spacial score (nSPS) is 24.8. The van der Waals surface area contributed by atoms with E-state index in [-0.39, 0.29) is 0 Å². The van der Waals surface area contributed by atoms with Crippen LogP contribution in [0.4, 0.5) is 0 Å². The molecule has 3 nitrogen and oxygen atoms in total. The molecule has 3 rings (SSSR count). The summed E-state index contributed by atoms with van der Waals surface area (Å²) in [6.07, 6.45) is 6.87. The molecule has 0 amide bonds. The Bertz CT molecular complexity index is 406. The summed E-state index contributed by atoms with van der Waals surface area (Å²) < 4.78 is 0. The molecule has 1 aromatic heterocycles. The van der Waals surface area contributed by atoms with Crippen molar-refractivity contribution in [3.63, 3.8) is 0 Å². The van der Waals surface area contributed by atoms with Crippen LogP contribution in [-0.4, -0.2) is 35.1 Å². The monoisotopic (exact) mass is 279 g/mol. The average Bonchev–Trinajstić information content (AvgIpc) is 3.16. The zero-order chi connectivity index (χ0) is 13.2. The van der Waals surface area contributed by atoms with E-state index in [2.05, 4.69) is 24.1 Å². The van der Waals surface area contributed by atoms with Gasteiger partial charge in [-0.2, -0.15) is 0 Å². The summed E-state index contributed by atoms with van der Waals surface area (Å²) in [4.78, 5) is 8.73. The molecule has 0 radical (unpaired) electrons. The number of nitrogens with zero attached hydrogens (tertiary/aromatic N) is 2. The molecule has 1 saturated heterocycles. The quantitative estimate of drug-likeness (QED) is 0.898. The third-order valence-electron chi connectivity index (χ3n) is 4.38. The number of aromatic nitrogens is 1. The molecule has 2 heterocycles. The number of thiazole rings is 1. The van der Waals surface area contributed by atoms with Gasteiger partial charge in [0.1, 0.15) is 5.01 Å². The van der Waals surface area contributed by atoms with Gasteiger partial charge in [-0.05, 0) is 46.1 Å². The lowest BCUT2D eigenvalue weighted by atomic mass is 10.0. The lowest BCUT2D eigenvalue weighted by molar-refractivity contribution is 0.137. The Hall–Kier alpha value is -0.450. The first-order valence-corrected chi connectivity index (χ1v) is 8.44. The first kappa shape index (κ1) is 13.5. The summed E-state index contributed by atoms with van der Waals surface area (Å²) in [5.74, 6) is 0. The van der Waals surface area contributed by atoms with E-state index in [9.17, 15) is 0 Å². The lowest BCUT2D eigenvalue weighted by Crippen LogP contribution is -2.45. The number of aryl methyl sites for hydroxylation is 2. The van der Waals surface area contributed by atoms with Crippen LogP contribution in [0.15, 0.2) is 0 Å². The van der Waals surface area contributed by atoms with Crippen molar-refractivity contribution in [3.05, 3.63) is 15.6 Å². The molecule has 0 bridgehead atoms. The van der Waals surface area contributed by atoms with Crippen molar-refractivity contribution in [2.75, 3.05) is 13.1 Å². The molecule has 0 aromatic carbocycles. The van der Waals surface area contributed by atoms with Crippen molar-refractivity contribution in [1.29, 1.82) is 0 Å². The van der Waals surface area contributed by atoms with Gasteiger partial charge in [0.2, 0.25) is 0 Å². The molecule has 1 saturated carbocycles. The van der Waals surface area contributed by atoms with Crippen LogP contribution in [0.3, 0.4) is 0 Å². The minimum atomic E-state index is 0.721. The topological polar surface area (TPSA) is 28.2 Å². The third-order valence-corrected chi connectivity index (χ3v) is 5.44. The van der Waals surface area contributed by atoms with Gasteiger partial charge in [0.05, 0.1) is 12.2 Å². The van der Waals surface area contributed by atoms with Gasteiger partial charge in [-0.15, -0.1) is 11.3 Å². The van der Waals surface area contributed by atoms with Crippen molar-refractivity contribution in [1.82, 2.24) is 15.2 Å². The van der Waals surface area contributed by atoms with Gasteiger partial charge < -0.3 is 5.32 Å². The predicted molar refractivity (Wildman–Crippen MR) is 80.7 cm³/mol. The molecule has 0 spiro atoms. The summed E-state index contributed by atoms with van der Waals surface area (Å²) in [5, 5.41) is 5.00. The fraction of sp³-hybridized carbons (Fsp3) is 0.800. The maximum atomic E-state index is 4.70. The molecule has 2 fully saturated rings. The smallest absolute Gasteiger partial charge is 0.107 e. The van der Waals surface area contributed by atoms with Gasteiger partial charge in [0.25, 0.3) is 0 Å². The van der Waals surface area contributed by atoms with E-state index in [1.807, 2.05) is 11.3 Å². The summed E-state index contributed by atoms with van der Waals surface area (Å²) in [6.45, 7) is 7.77. The van der Waals surface area contributed by atoms with E-state index in [0.29, 0.717) is 0 Å². The van der Waals surface area contributed by atoms with Crippen LogP contribution in [0.25, 0.3) is 0 Å². The number of nitrogens with one attached hydrogen (secondary N) is 1. The van der Waals surface area contributed by atoms with Gasteiger partial charge in [0, 0.05) is 23.5 Å². The number of rotatable bonds is 5. The molecular formula is C15H25N3S. The molecule has 1 aromatic rings. The third kappa shape index (κ3) is 3.56. The summed E-state index contributed by atoms with van der Waals surface area (Å²) in [7, 11) is 0. The van der Waals surface area contributed by atoms with Crippen LogP contribution in [0.2, 0.25) is 0 Å². The molecule has 2 aliphatic rings. The highest BCUT2D eigenvalue weighted by Gasteiger charge is 2.26. The second-order valence-electron chi connectivity index (χ2n) is 6.05. The van der Waals surface area contributed by atoms with Gasteiger partial charge in [0.15, 0.2) is 0 Å². The second-order valence-corrected chi connectivity index (χ2v) is 7.34. The lowest BCUT2D eigenvalue weighted by Gasteiger charge is -2.35. The minimum absolute atomic E-state index is 0.721. The van der Waals surface area contributed by atoms with Gasteiger partial charge in [-0.3, -0.25) is 4.90 Å². The zero-order valence-corrected chi connectivity index (χ0v) is 12.9. The zero-order valence-electron chi connectivity index (χ0n) is 12.1. The SMILES string of the molecule is Cc1nc(CN2CCCCC2CNC2CC2)sc1C. The summed E-state index contributed by atoms with van der Waals surface area (Å²) in [6, 6.07) is 1.55. The van der Waals surface area contributed by atoms with Crippen molar-refractivity contribution in [2.45, 2.75) is 64.6 Å². The Balaban J connectivity index is 1.58. The van der Waals surface area contributed by atoms with Crippen molar-refractivity contribution in [2.24, 2.45) is 0 Å². The van der Waals surface area contributed by atoms with E-state index in [0.717, 1.165) is 18.6 Å². The molecule has 1 aliphatic carbocycles. The highest BCUT2D eigenvalue weighted by molar-refractivity contribution is 7.11. The first-order valence-electron chi connectivity index (χ1n) is 7.62. The van der Waals surface area contributed by atoms with Gasteiger partial charge in [-0.1, -0.05) is 6.42 Å². The summed E-state index contributed by atoms with van der Waals surface area (Å²) >= 11 is 1.87. The highest BCUT2D eigenvalue weighted by Crippen LogP contribution is 2.24. The molecule has 4 heteroatoms. The van der Waals surface area contributed by atoms with Gasteiger partial charge >= 0.3 is 0 Å². The van der Waals surface area contributed by atoms with E-state index in [1.165, 1.54) is 60.8 Å². The maximum Gasteiger partial charge on any atom is 0.107 e. The number of piperidine rings is 1. The average molecular weight is 279 g/mol. The molecule has 1 N–H and O–H groups in total. The largest absolute Gasteiger partial charge is 0.312 e. The van der Waals surface area contributed by atoms with Crippen LogP contribution >= 0.6 is 11.3 Å². The predicted octanol–water partition coefficient (Wildman–Crippen LogP) is 2.87. The van der Waals surface area contributed by atoms with Crippen molar-refractivity contribution >= 4 is 11.3 Å². The molecule has 1 aliphatic heterocycles. The van der Waals surface area contributed by atoms with Gasteiger partial charge in [-0.25, -0.2) is 4.98 Å². The molecule has 1 atom stereocenters. The first-order chi connectivity index (χ1) is 9.22.